The molecule has 2 nitrogen and oxygen atoms in total. The summed E-state index contributed by atoms with van der Waals surface area (Å²) >= 11 is 0. The molecule has 0 bridgehead atoms. The molecule has 1 aliphatic carbocycles. The molecule has 1 saturated carbocycles. The van der Waals surface area contributed by atoms with Gasteiger partial charge in [0.2, 0.25) is 0 Å². The predicted molar refractivity (Wildman–Crippen MR) is 86.6 cm³/mol. The Balaban J connectivity index is 1.99. The standard InChI is InChI=1S/C19H24O2/c1-13-6-5-8-16(12-13)21-19-17(14(2)20)11-10-15-7-3-4-9-18(15)19/h3-4,7,9-11,13-14,16,20H,5-6,8,12H2,1-2H3/t13?,14-,16?/m1/s1. The Morgan fingerprint density at radius 1 is 1.14 bits per heavy atom. The second kappa shape index (κ2) is 6.07. The molecular weight excluding hydrogens is 260 g/mol. The van der Waals surface area contributed by atoms with Gasteiger partial charge in [-0.3, -0.25) is 0 Å². The van der Waals surface area contributed by atoms with Crippen LogP contribution < -0.4 is 4.74 Å². The van der Waals surface area contributed by atoms with Gasteiger partial charge in [0.25, 0.3) is 0 Å². The summed E-state index contributed by atoms with van der Waals surface area (Å²) in [4.78, 5) is 0. The third kappa shape index (κ3) is 3.06. The van der Waals surface area contributed by atoms with Crippen molar-refractivity contribution in [2.45, 2.75) is 51.7 Å². The van der Waals surface area contributed by atoms with Gasteiger partial charge in [0, 0.05) is 10.9 Å². The predicted octanol–water partition coefficient (Wildman–Crippen LogP) is 4.85. The minimum absolute atomic E-state index is 0.275. The van der Waals surface area contributed by atoms with Crippen molar-refractivity contribution >= 4 is 10.8 Å². The van der Waals surface area contributed by atoms with Crippen molar-refractivity contribution in [1.82, 2.24) is 0 Å². The number of fused-ring (bicyclic) bond motifs is 1. The van der Waals surface area contributed by atoms with Crippen LogP contribution in [0.15, 0.2) is 36.4 Å². The topological polar surface area (TPSA) is 29.5 Å². The second-order valence-electron chi connectivity index (χ2n) is 6.39. The van der Waals surface area contributed by atoms with Gasteiger partial charge >= 0.3 is 0 Å². The summed E-state index contributed by atoms with van der Waals surface area (Å²) in [5.41, 5.74) is 0.895. The van der Waals surface area contributed by atoms with E-state index >= 15 is 0 Å². The minimum atomic E-state index is -0.509. The lowest BCUT2D eigenvalue weighted by molar-refractivity contribution is 0.123. The zero-order chi connectivity index (χ0) is 14.8. The summed E-state index contributed by atoms with van der Waals surface area (Å²) in [6.07, 6.45) is 4.54. The maximum atomic E-state index is 10.1. The van der Waals surface area contributed by atoms with Crippen molar-refractivity contribution in [3.63, 3.8) is 0 Å². The molecule has 0 amide bonds. The third-order valence-corrected chi connectivity index (χ3v) is 4.53. The van der Waals surface area contributed by atoms with Gasteiger partial charge in [-0.2, -0.15) is 0 Å². The fourth-order valence-electron chi connectivity index (χ4n) is 3.37. The van der Waals surface area contributed by atoms with E-state index < -0.39 is 6.10 Å². The fraction of sp³-hybridized carbons (Fsp3) is 0.474. The molecule has 2 aromatic rings. The first-order valence-corrected chi connectivity index (χ1v) is 8.01. The SMILES string of the molecule is CC1CCCC(Oc2c([C@@H](C)O)ccc3ccccc23)C1. The van der Waals surface area contributed by atoms with E-state index in [0.717, 1.165) is 35.5 Å². The summed E-state index contributed by atoms with van der Waals surface area (Å²) in [7, 11) is 0. The molecule has 0 aromatic heterocycles. The Bertz CT molecular complexity index is 618. The van der Waals surface area contributed by atoms with Crippen LogP contribution in [0.4, 0.5) is 0 Å². The van der Waals surface area contributed by atoms with Crippen LogP contribution in [0.25, 0.3) is 10.8 Å². The molecule has 0 heterocycles. The van der Waals surface area contributed by atoms with Crippen LogP contribution in [0, 0.1) is 5.92 Å². The first kappa shape index (κ1) is 14.4. The van der Waals surface area contributed by atoms with Crippen LogP contribution in [0.1, 0.15) is 51.2 Å². The Hall–Kier alpha value is -1.54. The minimum Gasteiger partial charge on any atom is -0.489 e. The molecule has 2 aromatic carbocycles. The molecule has 0 spiro atoms. The van der Waals surface area contributed by atoms with Gasteiger partial charge in [-0.05, 0) is 37.5 Å². The number of aliphatic hydroxyl groups excluding tert-OH is 1. The Kier molecular flexibility index (Phi) is 4.16. The molecule has 21 heavy (non-hydrogen) atoms. The average molecular weight is 284 g/mol. The van der Waals surface area contributed by atoms with Crippen LogP contribution in [0.2, 0.25) is 0 Å². The first-order valence-electron chi connectivity index (χ1n) is 8.01. The lowest BCUT2D eigenvalue weighted by Gasteiger charge is -2.29. The molecule has 1 aliphatic rings. The summed E-state index contributed by atoms with van der Waals surface area (Å²) in [5.74, 6) is 1.61. The molecule has 3 atom stereocenters. The van der Waals surface area contributed by atoms with E-state index in [1.165, 1.54) is 18.2 Å². The van der Waals surface area contributed by atoms with Gasteiger partial charge in [0.1, 0.15) is 5.75 Å². The molecule has 3 rings (SSSR count). The van der Waals surface area contributed by atoms with Crippen LogP contribution >= 0.6 is 0 Å². The highest BCUT2D eigenvalue weighted by Crippen LogP contribution is 2.36. The summed E-state index contributed by atoms with van der Waals surface area (Å²) in [6, 6.07) is 12.3. The van der Waals surface area contributed by atoms with Crippen molar-refractivity contribution in [2.24, 2.45) is 5.92 Å². The van der Waals surface area contributed by atoms with E-state index in [4.69, 9.17) is 4.74 Å². The van der Waals surface area contributed by atoms with Crippen LogP contribution in [0.5, 0.6) is 5.75 Å². The van der Waals surface area contributed by atoms with Crippen molar-refractivity contribution in [3.05, 3.63) is 42.0 Å². The van der Waals surface area contributed by atoms with E-state index in [9.17, 15) is 5.11 Å². The van der Waals surface area contributed by atoms with E-state index in [1.807, 2.05) is 18.2 Å². The van der Waals surface area contributed by atoms with Gasteiger partial charge < -0.3 is 9.84 Å². The van der Waals surface area contributed by atoms with Crippen molar-refractivity contribution in [2.75, 3.05) is 0 Å². The maximum Gasteiger partial charge on any atom is 0.133 e. The monoisotopic (exact) mass is 284 g/mol. The second-order valence-corrected chi connectivity index (χ2v) is 6.39. The molecule has 2 heteroatoms. The molecule has 0 radical (unpaired) electrons. The average Bonchev–Trinajstić information content (AvgIpc) is 2.47. The zero-order valence-corrected chi connectivity index (χ0v) is 12.9. The van der Waals surface area contributed by atoms with Gasteiger partial charge in [0.15, 0.2) is 0 Å². The molecule has 1 fully saturated rings. The highest BCUT2D eigenvalue weighted by molar-refractivity contribution is 5.89. The normalized spacial score (nSPS) is 24.0. The number of hydrogen-bond donors (Lipinski definition) is 1. The lowest BCUT2D eigenvalue weighted by atomic mass is 9.88. The lowest BCUT2D eigenvalue weighted by Crippen LogP contribution is -2.24. The smallest absolute Gasteiger partial charge is 0.133 e. The molecule has 0 saturated heterocycles. The van der Waals surface area contributed by atoms with Crippen LogP contribution in [-0.2, 0) is 0 Å². The molecule has 1 N–H and O–H groups in total. The van der Waals surface area contributed by atoms with Gasteiger partial charge in [-0.1, -0.05) is 49.7 Å². The van der Waals surface area contributed by atoms with E-state index in [0.29, 0.717) is 0 Å². The Morgan fingerprint density at radius 2 is 1.95 bits per heavy atom. The van der Waals surface area contributed by atoms with Gasteiger partial charge in [0.05, 0.1) is 12.2 Å². The van der Waals surface area contributed by atoms with Crippen molar-refractivity contribution < 1.29 is 9.84 Å². The summed E-state index contributed by atoms with van der Waals surface area (Å²) < 4.78 is 6.37. The Labute approximate surface area is 126 Å². The maximum absolute atomic E-state index is 10.1. The third-order valence-electron chi connectivity index (χ3n) is 4.53. The number of benzene rings is 2. The van der Waals surface area contributed by atoms with E-state index in [-0.39, 0.29) is 6.10 Å². The zero-order valence-electron chi connectivity index (χ0n) is 12.9. The largest absolute Gasteiger partial charge is 0.489 e. The number of rotatable bonds is 3. The van der Waals surface area contributed by atoms with Gasteiger partial charge in [-0.25, -0.2) is 0 Å². The van der Waals surface area contributed by atoms with Gasteiger partial charge in [-0.15, -0.1) is 0 Å². The molecule has 112 valence electrons. The van der Waals surface area contributed by atoms with Crippen LogP contribution in [0.3, 0.4) is 0 Å². The highest BCUT2D eigenvalue weighted by atomic mass is 16.5. The number of hydrogen-bond acceptors (Lipinski definition) is 2. The van der Waals surface area contributed by atoms with Crippen molar-refractivity contribution in [3.8, 4) is 5.75 Å². The molecule has 2 unspecified atom stereocenters. The molecular formula is C19H24O2. The quantitative estimate of drug-likeness (QED) is 0.873. The van der Waals surface area contributed by atoms with Crippen molar-refractivity contribution in [1.29, 1.82) is 0 Å². The number of aliphatic hydroxyl groups is 1. The van der Waals surface area contributed by atoms with E-state index in [2.05, 4.69) is 25.1 Å². The molecule has 0 aliphatic heterocycles. The fourth-order valence-corrected chi connectivity index (χ4v) is 3.37. The number of ether oxygens (including phenoxy) is 1. The Morgan fingerprint density at radius 3 is 2.71 bits per heavy atom. The first-order chi connectivity index (χ1) is 10.1. The van der Waals surface area contributed by atoms with Crippen LogP contribution in [-0.4, -0.2) is 11.2 Å². The summed E-state index contributed by atoms with van der Waals surface area (Å²) in [6.45, 7) is 4.11. The highest BCUT2D eigenvalue weighted by Gasteiger charge is 2.23. The summed E-state index contributed by atoms with van der Waals surface area (Å²) in [5, 5.41) is 12.3. The van der Waals surface area contributed by atoms with E-state index in [1.54, 1.807) is 6.92 Å².